The van der Waals surface area contributed by atoms with Crippen LogP contribution in [0.2, 0.25) is 0 Å². The maximum atomic E-state index is 12.8. The second kappa shape index (κ2) is 7.56. The van der Waals surface area contributed by atoms with Gasteiger partial charge in [-0.05, 0) is 29.7 Å². The van der Waals surface area contributed by atoms with Crippen molar-refractivity contribution >= 4 is 17.6 Å². The van der Waals surface area contributed by atoms with E-state index in [9.17, 15) is 9.59 Å². The van der Waals surface area contributed by atoms with E-state index in [2.05, 4.69) is 40.4 Å². The molecule has 1 atom stereocenters. The van der Waals surface area contributed by atoms with Gasteiger partial charge in [-0.25, -0.2) is 10.2 Å². The molecule has 0 aliphatic heterocycles. The summed E-state index contributed by atoms with van der Waals surface area (Å²) in [6, 6.07) is 28.7. The molecule has 5 nitrogen and oxygen atoms in total. The number of anilines is 1. The molecule has 3 N–H and O–H groups in total. The van der Waals surface area contributed by atoms with Gasteiger partial charge in [0.05, 0.1) is 5.92 Å². The van der Waals surface area contributed by atoms with Crippen LogP contribution in [0.1, 0.15) is 17.5 Å². The van der Waals surface area contributed by atoms with Gasteiger partial charge in [-0.2, -0.15) is 0 Å². The van der Waals surface area contributed by atoms with E-state index in [1.54, 1.807) is 12.1 Å². The number of nitrogens with one attached hydrogen (secondary N) is 3. The van der Waals surface area contributed by atoms with Crippen LogP contribution in [-0.2, 0) is 10.2 Å². The van der Waals surface area contributed by atoms with Crippen LogP contribution < -0.4 is 16.2 Å². The van der Waals surface area contributed by atoms with E-state index in [0.29, 0.717) is 12.1 Å². The maximum Gasteiger partial charge on any atom is 0.337 e. The van der Waals surface area contributed by atoms with Crippen molar-refractivity contribution in [3.8, 4) is 0 Å². The topological polar surface area (TPSA) is 70.2 Å². The minimum Gasteiger partial charge on any atom is -0.307 e. The molecule has 1 aliphatic rings. The van der Waals surface area contributed by atoms with Crippen LogP contribution >= 0.6 is 0 Å². The van der Waals surface area contributed by atoms with Crippen molar-refractivity contribution in [2.75, 3.05) is 5.32 Å². The van der Waals surface area contributed by atoms with E-state index >= 15 is 0 Å². The monoisotopic (exact) mass is 371 g/mol. The second-order valence-electron chi connectivity index (χ2n) is 6.89. The van der Waals surface area contributed by atoms with Crippen LogP contribution in [0, 0.1) is 5.92 Å². The Labute approximate surface area is 163 Å². The zero-order valence-corrected chi connectivity index (χ0v) is 15.3. The molecule has 0 heterocycles. The van der Waals surface area contributed by atoms with Crippen LogP contribution in [0.5, 0.6) is 0 Å². The molecule has 1 saturated carbocycles. The molecule has 0 unspecified atom stereocenters. The molecular formula is C23H21N3O2. The van der Waals surface area contributed by atoms with Crippen molar-refractivity contribution in [2.45, 2.75) is 11.8 Å². The molecular weight excluding hydrogens is 350 g/mol. The Bertz CT molecular complexity index is 919. The minimum atomic E-state index is -0.481. The minimum absolute atomic E-state index is 0.198. The highest BCUT2D eigenvalue weighted by Crippen LogP contribution is 2.58. The lowest BCUT2D eigenvalue weighted by molar-refractivity contribution is -0.123. The van der Waals surface area contributed by atoms with Crippen molar-refractivity contribution in [1.29, 1.82) is 0 Å². The van der Waals surface area contributed by atoms with Crippen molar-refractivity contribution in [2.24, 2.45) is 5.92 Å². The van der Waals surface area contributed by atoms with Crippen molar-refractivity contribution in [3.63, 3.8) is 0 Å². The van der Waals surface area contributed by atoms with Gasteiger partial charge in [-0.15, -0.1) is 0 Å². The summed E-state index contributed by atoms with van der Waals surface area (Å²) in [5.74, 6) is -0.440. The molecule has 3 aromatic carbocycles. The van der Waals surface area contributed by atoms with E-state index in [-0.39, 0.29) is 17.2 Å². The average molecular weight is 371 g/mol. The smallest absolute Gasteiger partial charge is 0.307 e. The predicted octanol–water partition coefficient (Wildman–Crippen LogP) is 3.85. The van der Waals surface area contributed by atoms with Crippen molar-refractivity contribution in [3.05, 3.63) is 102 Å². The summed E-state index contributed by atoms with van der Waals surface area (Å²) in [6.45, 7) is 0. The Kier molecular flexibility index (Phi) is 4.81. The summed E-state index contributed by atoms with van der Waals surface area (Å²) in [6.07, 6.45) is 0.703. The molecule has 4 rings (SSSR count). The number of benzene rings is 3. The second-order valence-corrected chi connectivity index (χ2v) is 6.89. The Morgan fingerprint density at radius 3 is 1.75 bits per heavy atom. The number of rotatable bonds is 4. The van der Waals surface area contributed by atoms with Gasteiger partial charge in [-0.3, -0.25) is 10.2 Å². The third kappa shape index (κ3) is 3.47. The molecule has 0 aromatic heterocycles. The summed E-state index contributed by atoms with van der Waals surface area (Å²) in [4.78, 5) is 24.8. The molecule has 0 radical (unpaired) electrons. The Balaban J connectivity index is 1.45. The van der Waals surface area contributed by atoms with Crippen LogP contribution in [0.3, 0.4) is 0 Å². The molecule has 28 heavy (non-hydrogen) atoms. The summed E-state index contributed by atoms with van der Waals surface area (Å²) in [5.41, 5.74) is 7.51. The number of amides is 3. The first-order valence-electron chi connectivity index (χ1n) is 9.23. The quantitative estimate of drug-likeness (QED) is 0.610. The lowest BCUT2D eigenvalue weighted by Crippen LogP contribution is -2.45. The fourth-order valence-corrected chi connectivity index (χ4v) is 3.74. The van der Waals surface area contributed by atoms with Gasteiger partial charge in [0.2, 0.25) is 5.91 Å². The van der Waals surface area contributed by atoms with E-state index in [1.165, 1.54) is 0 Å². The average Bonchev–Trinajstić information content (AvgIpc) is 3.51. The van der Waals surface area contributed by atoms with Gasteiger partial charge in [0.25, 0.3) is 0 Å². The molecule has 1 aliphatic carbocycles. The molecule has 3 amide bonds. The largest absolute Gasteiger partial charge is 0.337 e. The maximum absolute atomic E-state index is 12.8. The third-order valence-corrected chi connectivity index (χ3v) is 5.19. The van der Waals surface area contributed by atoms with Gasteiger partial charge >= 0.3 is 6.03 Å². The van der Waals surface area contributed by atoms with Gasteiger partial charge in [0.15, 0.2) is 0 Å². The number of carbonyl (C=O) groups is 2. The number of hydrazine groups is 1. The lowest BCUT2D eigenvalue weighted by atomic mass is 9.85. The van der Waals surface area contributed by atoms with E-state index in [4.69, 9.17) is 0 Å². The summed E-state index contributed by atoms with van der Waals surface area (Å²) in [7, 11) is 0. The zero-order chi connectivity index (χ0) is 19.4. The highest BCUT2D eigenvalue weighted by Gasteiger charge is 2.60. The number of urea groups is 1. The lowest BCUT2D eigenvalue weighted by Gasteiger charge is -2.19. The number of hydrogen-bond acceptors (Lipinski definition) is 2. The molecule has 140 valence electrons. The number of carbonyl (C=O) groups excluding carboxylic acids is 2. The predicted molar refractivity (Wildman–Crippen MR) is 109 cm³/mol. The highest BCUT2D eigenvalue weighted by molar-refractivity contribution is 5.92. The summed E-state index contributed by atoms with van der Waals surface area (Å²) in [5, 5.41) is 2.68. The molecule has 5 heteroatoms. The first-order chi connectivity index (χ1) is 13.7. The van der Waals surface area contributed by atoms with E-state index < -0.39 is 6.03 Å². The zero-order valence-electron chi connectivity index (χ0n) is 15.3. The first kappa shape index (κ1) is 17.8. The number of hydrogen-bond donors (Lipinski definition) is 3. The fourth-order valence-electron chi connectivity index (χ4n) is 3.74. The van der Waals surface area contributed by atoms with Gasteiger partial charge in [0.1, 0.15) is 0 Å². The van der Waals surface area contributed by atoms with Crippen LogP contribution in [0.25, 0.3) is 0 Å². The molecule has 1 fully saturated rings. The standard InChI is InChI=1S/C23H21N3O2/c27-21(25-26-22(28)24-19-14-8-3-9-15-19)20-16-23(20,17-10-4-1-5-11-17)18-12-6-2-7-13-18/h1-15,20H,16H2,(H,25,27)(H2,24,26,28)/t20-/m1/s1. The summed E-state index contributed by atoms with van der Waals surface area (Å²) >= 11 is 0. The van der Waals surface area contributed by atoms with Crippen LogP contribution in [0.4, 0.5) is 10.5 Å². The Morgan fingerprint density at radius 1 is 0.714 bits per heavy atom. The van der Waals surface area contributed by atoms with Gasteiger partial charge in [0, 0.05) is 11.1 Å². The van der Waals surface area contributed by atoms with Crippen LogP contribution in [-0.4, -0.2) is 11.9 Å². The van der Waals surface area contributed by atoms with Crippen molar-refractivity contribution < 1.29 is 9.59 Å². The molecule has 3 aromatic rings. The van der Waals surface area contributed by atoms with Crippen molar-refractivity contribution in [1.82, 2.24) is 10.9 Å². The van der Waals surface area contributed by atoms with E-state index in [1.807, 2.05) is 54.6 Å². The molecule has 0 bridgehead atoms. The van der Waals surface area contributed by atoms with E-state index in [0.717, 1.165) is 11.1 Å². The first-order valence-corrected chi connectivity index (χ1v) is 9.23. The Hall–Kier alpha value is -3.60. The Morgan fingerprint density at radius 2 is 1.21 bits per heavy atom. The summed E-state index contributed by atoms with van der Waals surface area (Å²) < 4.78 is 0. The molecule has 0 saturated heterocycles. The van der Waals surface area contributed by atoms with Gasteiger partial charge in [-0.1, -0.05) is 78.9 Å². The normalized spacial score (nSPS) is 16.6. The number of para-hydroxylation sites is 1. The third-order valence-electron chi connectivity index (χ3n) is 5.19. The van der Waals surface area contributed by atoms with Crippen LogP contribution in [0.15, 0.2) is 91.0 Å². The fraction of sp³-hybridized carbons (Fsp3) is 0.130. The SMILES string of the molecule is O=C(NNC(=O)[C@H]1CC1(c1ccccc1)c1ccccc1)Nc1ccccc1. The molecule has 0 spiro atoms. The van der Waals surface area contributed by atoms with Gasteiger partial charge < -0.3 is 5.32 Å². The highest BCUT2D eigenvalue weighted by atomic mass is 16.2.